The van der Waals surface area contributed by atoms with Gasteiger partial charge in [0.25, 0.3) is 0 Å². The van der Waals surface area contributed by atoms with Gasteiger partial charge in [-0.2, -0.15) is 0 Å². The summed E-state index contributed by atoms with van der Waals surface area (Å²) in [5.74, 6) is -1.81. The number of allylic oxidation sites excluding steroid dienone is 2. The van der Waals surface area contributed by atoms with E-state index >= 15 is 0 Å². The molecule has 0 bridgehead atoms. The molecule has 0 aliphatic heterocycles. The molecule has 1 aliphatic rings. The SMILES string of the molecule is CC(NC(=O)C1CC=CCC1)c1ccc(F)c(F)c1. The molecular weight excluding hydrogens is 248 g/mol. The van der Waals surface area contributed by atoms with Crippen molar-refractivity contribution in [3.8, 4) is 0 Å². The molecule has 2 atom stereocenters. The van der Waals surface area contributed by atoms with Crippen LogP contribution in [0.2, 0.25) is 0 Å². The number of carbonyl (C=O) groups excluding carboxylic acids is 1. The van der Waals surface area contributed by atoms with Crippen molar-refractivity contribution in [1.82, 2.24) is 5.32 Å². The lowest BCUT2D eigenvalue weighted by Gasteiger charge is -2.21. The smallest absolute Gasteiger partial charge is 0.223 e. The molecule has 1 aliphatic carbocycles. The minimum absolute atomic E-state index is 0.0160. The fourth-order valence-corrected chi connectivity index (χ4v) is 2.23. The molecule has 0 radical (unpaired) electrons. The van der Waals surface area contributed by atoms with Gasteiger partial charge in [-0.15, -0.1) is 0 Å². The summed E-state index contributed by atoms with van der Waals surface area (Å²) in [5, 5.41) is 2.85. The Bertz CT molecular complexity index is 499. The van der Waals surface area contributed by atoms with Crippen molar-refractivity contribution in [2.24, 2.45) is 5.92 Å². The van der Waals surface area contributed by atoms with Gasteiger partial charge >= 0.3 is 0 Å². The fourth-order valence-electron chi connectivity index (χ4n) is 2.23. The van der Waals surface area contributed by atoms with Gasteiger partial charge in [0, 0.05) is 5.92 Å². The highest BCUT2D eigenvalue weighted by Gasteiger charge is 2.20. The molecule has 0 saturated carbocycles. The van der Waals surface area contributed by atoms with Crippen molar-refractivity contribution in [3.05, 3.63) is 47.5 Å². The molecule has 0 aromatic heterocycles. The molecule has 2 rings (SSSR count). The maximum Gasteiger partial charge on any atom is 0.223 e. The lowest BCUT2D eigenvalue weighted by Crippen LogP contribution is -2.33. The van der Waals surface area contributed by atoms with Crippen molar-refractivity contribution in [2.75, 3.05) is 0 Å². The average molecular weight is 265 g/mol. The summed E-state index contributed by atoms with van der Waals surface area (Å²) in [5.41, 5.74) is 0.568. The lowest BCUT2D eigenvalue weighted by atomic mass is 9.93. The zero-order valence-electron chi connectivity index (χ0n) is 10.8. The molecule has 0 saturated heterocycles. The predicted molar refractivity (Wildman–Crippen MR) is 69.4 cm³/mol. The largest absolute Gasteiger partial charge is 0.349 e. The van der Waals surface area contributed by atoms with Gasteiger partial charge in [-0.05, 0) is 43.9 Å². The van der Waals surface area contributed by atoms with E-state index in [0.717, 1.165) is 31.4 Å². The van der Waals surface area contributed by atoms with Crippen LogP contribution in [0.1, 0.15) is 37.8 Å². The highest BCUT2D eigenvalue weighted by Crippen LogP contribution is 2.21. The van der Waals surface area contributed by atoms with Gasteiger partial charge in [0.2, 0.25) is 5.91 Å². The van der Waals surface area contributed by atoms with Gasteiger partial charge in [-0.25, -0.2) is 8.78 Å². The van der Waals surface area contributed by atoms with Crippen LogP contribution in [-0.4, -0.2) is 5.91 Å². The number of benzene rings is 1. The van der Waals surface area contributed by atoms with Crippen LogP contribution >= 0.6 is 0 Å². The third-order valence-corrected chi connectivity index (χ3v) is 3.44. The maximum absolute atomic E-state index is 13.1. The minimum atomic E-state index is -0.890. The standard InChI is InChI=1S/C15H17F2NO/c1-10(12-7-8-13(16)14(17)9-12)18-15(19)11-5-3-2-4-6-11/h2-3,7-11H,4-6H2,1H3,(H,18,19). The van der Waals surface area contributed by atoms with Crippen LogP contribution in [0, 0.1) is 17.6 Å². The first-order valence-corrected chi connectivity index (χ1v) is 6.48. The maximum atomic E-state index is 13.1. The lowest BCUT2D eigenvalue weighted by molar-refractivity contribution is -0.125. The normalized spacial score (nSPS) is 20.1. The summed E-state index contributed by atoms with van der Waals surface area (Å²) < 4.78 is 26.0. The number of halogens is 2. The summed E-state index contributed by atoms with van der Waals surface area (Å²) in [6.07, 6.45) is 6.58. The molecule has 102 valence electrons. The van der Waals surface area contributed by atoms with Gasteiger partial charge in [-0.3, -0.25) is 4.79 Å². The van der Waals surface area contributed by atoms with Crippen molar-refractivity contribution < 1.29 is 13.6 Å². The van der Waals surface area contributed by atoms with E-state index in [1.54, 1.807) is 6.92 Å². The van der Waals surface area contributed by atoms with Crippen LogP contribution in [0.25, 0.3) is 0 Å². The Morgan fingerprint density at radius 3 is 2.74 bits per heavy atom. The third-order valence-electron chi connectivity index (χ3n) is 3.44. The molecule has 4 heteroatoms. The first kappa shape index (κ1) is 13.7. The Balaban J connectivity index is 1.99. The molecule has 2 unspecified atom stereocenters. The molecule has 1 amide bonds. The van der Waals surface area contributed by atoms with Crippen LogP contribution < -0.4 is 5.32 Å². The first-order chi connectivity index (χ1) is 9.08. The minimum Gasteiger partial charge on any atom is -0.349 e. The summed E-state index contributed by atoms with van der Waals surface area (Å²) in [4.78, 5) is 12.0. The van der Waals surface area contributed by atoms with Crippen LogP contribution in [0.5, 0.6) is 0 Å². The molecule has 19 heavy (non-hydrogen) atoms. The van der Waals surface area contributed by atoms with E-state index in [9.17, 15) is 13.6 Å². The third kappa shape index (κ3) is 3.40. The summed E-state index contributed by atoms with van der Waals surface area (Å²) in [6.45, 7) is 1.77. The van der Waals surface area contributed by atoms with E-state index in [1.807, 2.05) is 6.08 Å². The van der Waals surface area contributed by atoms with Crippen molar-refractivity contribution in [1.29, 1.82) is 0 Å². The molecule has 1 aromatic rings. The Labute approximate surface area is 111 Å². The molecule has 0 spiro atoms. The second-order valence-corrected chi connectivity index (χ2v) is 4.89. The van der Waals surface area contributed by atoms with Crippen LogP contribution in [0.3, 0.4) is 0 Å². The number of hydrogen-bond acceptors (Lipinski definition) is 1. The van der Waals surface area contributed by atoms with Gasteiger partial charge in [0.15, 0.2) is 11.6 Å². The van der Waals surface area contributed by atoms with E-state index in [4.69, 9.17) is 0 Å². The topological polar surface area (TPSA) is 29.1 Å². The van der Waals surface area contributed by atoms with Gasteiger partial charge in [-0.1, -0.05) is 18.2 Å². The quantitative estimate of drug-likeness (QED) is 0.833. The van der Waals surface area contributed by atoms with E-state index in [2.05, 4.69) is 11.4 Å². The number of amides is 1. The van der Waals surface area contributed by atoms with E-state index in [1.165, 1.54) is 6.07 Å². The zero-order chi connectivity index (χ0) is 13.8. The number of rotatable bonds is 3. The monoisotopic (exact) mass is 265 g/mol. The van der Waals surface area contributed by atoms with Gasteiger partial charge in [0.1, 0.15) is 0 Å². The van der Waals surface area contributed by atoms with Gasteiger partial charge in [0.05, 0.1) is 6.04 Å². The van der Waals surface area contributed by atoms with E-state index < -0.39 is 11.6 Å². The Morgan fingerprint density at radius 2 is 2.11 bits per heavy atom. The molecule has 0 heterocycles. The highest BCUT2D eigenvalue weighted by atomic mass is 19.2. The van der Waals surface area contributed by atoms with E-state index in [-0.39, 0.29) is 17.9 Å². The molecule has 1 aromatic carbocycles. The molecule has 0 fully saturated rings. The van der Waals surface area contributed by atoms with Crippen molar-refractivity contribution in [3.63, 3.8) is 0 Å². The number of nitrogens with one attached hydrogen (secondary N) is 1. The Hall–Kier alpha value is -1.71. The van der Waals surface area contributed by atoms with Crippen molar-refractivity contribution in [2.45, 2.75) is 32.2 Å². The highest BCUT2D eigenvalue weighted by molar-refractivity contribution is 5.79. The Morgan fingerprint density at radius 1 is 1.32 bits per heavy atom. The summed E-state index contributed by atoms with van der Waals surface area (Å²) >= 11 is 0. The molecular formula is C15H17F2NO. The second-order valence-electron chi connectivity index (χ2n) is 4.89. The average Bonchev–Trinajstić information content (AvgIpc) is 2.42. The predicted octanol–water partition coefficient (Wildman–Crippen LogP) is 3.50. The molecule has 2 nitrogen and oxygen atoms in total. The molecule has 1 N–H and O–H groups in total. The van der Waals surface area contributed by atoms with Gasteiger partial charge < -0.3 is 5.32 Å². The Kier molecular flexibility index (Phi) is 4.30. The number of hydrogen-bond donors (Lipinski definition) is 1. The fraction of sp³-hybridized carbons (Fsp3) is 0.400. The van der Waals surface area contributed by atoms with Crippen LogP contribution in [0.15, 0.2) is 30.4 Å². The first-order valence-electron chi connectivity index (χ1n) is 6.48. The van der Waals surface area contributed by atoms with E-state index in [0.29, 0.717) is 5.56 Å². The van der Waals surface area contributed by atoms with Crippen LogP contribution in [0.4, 0.5) is 8.78 Å². The van der Waals surface area contributed by atoms with Crippen LogP contribution in [-0.2, 0) is 4.79 Å². The zero-order valence-corrected chi connectivity index (χ0v) is 10.8. The van der Waals surface area contributed by atoms with Crippen molar-refractivity contribution >= 4 is 5.91 Å². The number of carbonyl (C=O) groups is 1. The summed E-state index contributed by atoms with van der Waals surface area (Å²) in [7, 11) is 0. The summed E-state index contributed by atoms with van der Waals surface area (Å²) in [6, 6.07) is 3.37. The second kappa shape index (κ2) is 5.95.